The van der Waals surface area contributed by atoms with Crippen molar-refractivity contribution in [3.05, 3.63) is 59.9 Å². The van der Waals surface area contributed by atoms with Crippen LogP contribution in [0.5, 0.6) is 5.75 Å². The van der Waals surface area contributed by atoms with Crippen molar-refractivity contribution in [2.45, 2.75) is 4.90 Å². The van der Waals surface area contributed by atoms with E-state index >= 15 is 0 Å². The Hall–Kier alpha value is -2.98. The molecule has 0 N–H and O–H groups in total. The van der Waals surface area contributed by atoms with E-state index in [0.717, 1.165) is 16.4 Å². The van der Waals surface area contributed by atoms with Crippen molar-refractivity contribution >= 4 is 26.9 Å². The van der Waals surface area contributed by atoms with Crippen LogP contribution in [0.25, 0.3) is 11.0 Å². The van der Waals surface area contributed by atoms with Gasteiger partial charge in [-0.1, -0.05) is 12.1 Å². The maximum atomic E-state index is 14.0. The average molecular weight is 436 g/mol. The number of hydrogen-bond donors (Lipinski definition) is 0. The molecule has 1 aliphatic heterocycles. The summed E-state index contributed by atoms with van der Waals surface area (Å²) in [6.45, 7) is 0.174. The standard InChI is InChI=1S/C20H18F2N2O5S/c1-28-16-4-2-3-13-11-17(29-19(13)16)20(25)23-7-9-24(10-8-23)30(26,27)18-6-5-14(21)12-15(18)22/h2-6,11-12H,7-10H2,1H3. The van der Waals surface area contributed by atoms with E-state index in [0.29, 0.717) is 22.8 Å². The van der Waals surface area contributed by atoms with Gasteiger partial charge in [0.25, 0.3) is 5.91 Å². The van der Waals surface area contributed by atoms with Gasteiger partial charge in [-0.2, -0.15) is 4.31 Å². The van der Waals surface area contributed by atoms with Gasteiger partial charge in [-0.15, -0.1) is 0 Å². The third-order valence-electron chi connectivity index (χ3n) is 4.98. The maximum absolute atomic E-state index is 14.0. The van der Waals surface area contributed by atoms with Crippen molar-refractivity contribution in [1.82, 2.24) is 9.21 Å². The van der Waals surface area contributed by atoms with E-state index in [9.17, 15) is 22.0 Å². The number of para-hydroxylation sites is 1. The number of benzene rings is 2. The Morgan fingerprint density at radius 1 is 1.07 bits per heavy atom. The molecule has 0 spiro atoms. The highest BCUT2D eigenvalue weighted by Gasteiger charge is 2.33. The van der Waals surface area contributed by atoms with Gasteiger partial charge in [-0.05, 0) is 24.3 Å². The summed E-state index contributed by atoms with van der Waals surface area (Å²) in [7, 11) is -2.64. The first-order valence-electron chi connectivity index (χ1n) is 9.12. The Labute approximate surface area is 171 Å². The molecule has 30 heavy (non-hydrogen) atoms. The number of carbonyl (C=O) groups excluding carboxylic acids is 1. The summed E-state index contributed by atoms with van der Waals surface area (Å²) in [5.74, 6) is -1.76. The van der Waals surface area contributed by atoms with Crippen LogP contribution in [0.4, 0.5) is 8.78 Å². The molecule has 4 rings (SSSR count). The monoisotopic (exact) mass is 436 g/mol. The van der Waals surface area contributed by atoms with Crippen molar-refractivity contribution in [1.29, 1.82) is 0 Å². The third-order valence-corrected chi connectivity index (χ3v) is 6.91. The number of sulfonamides is 1. The quantitative estimate of drug-likeness (QED) is 0.628. The van der Waals surface area contributed by atoms with E-state index in [1.54, 1.807) is 24.3 Å². The fourth-order valence-electron chi connectivity index (χ4n) is 3.41. The van der Waals surface area contributed by atoms with E-state index < -0.39 is 26.6 Å². The number of ether oxygens (including phenoxy) is 1. The smallest absolute Gasteiger partial charge is 0.289 e. The zero-order chi connectivity index (χ0) is 21.5. The second kappa shape index (κ2) is 7.69. The largest absolute Gasteiger partial charge is 0.493 e. The van der Waals surface area contributed by atoms with Crippen LogP contribution in [0, 0.1) is 11.6 Å². The lowest BCUT2D eigenvalue weighted by molar-refractivity contribution is 0.0668. The van der Waals surface area contributed by atoms with Gasteiger partial charge in [0.15, 0.2) is 17.1 Å². The summed E-state index contributed by atoms with van der Waals surface area (Å²) in [5, 5.41) is 0.714. The molecular formula is C20H18F2N2O5S. The van der Waals surface area contributed by atoms with Gasteiger partial charge in [0.2, 0.25) is 10.0 Å². The number of furan rings is 1. The van der Waals surface area contributed by atoms with Crippen molar-refractivity contribution < 1.29 is 31.1 Å². The van der Waals surface area contributed by atoms with Crippen LogP contribution in [-0.4, -0.2) is 56.8 Å². The van der Waals surface area contributed by atoms with E-state index in [1.165, 1.54) is 12.0 Å². The van der Waals surface area contributed by atoms with E-state index in [2.05, 4.69) is 0 Å². The fourth-order valence-corrected chi connectivity index (χ4v) is 4.88. The first kappa shape index (κ1) is 20.3. The Kier molecular flexibility index (Phi) is 5.20. The highest BCUT2D eigenvalue weighted by Crippen LogP contribution is 2.29. The molecule has 1 aliphatic rings. The molecule has 2 aromatic carbocycles. The summed E-state index contributed by atoms with van der Waals surface area (Å²) in [6.07, 6.45) is 0. The van der Waals surface area contributed by atoms with Crippen molar-refractivity contribution in [3.8, 4) is 5.75 Å². The molecule has 1 fully saturated rings. The van der Waals surface area contributed by atoms with Gasteiger partial charge < -0.3 is 14.1 Å². The first-order valence-corrected chi connectivity index (χ1v) is 10.6. The maximum Gasteiger partial charge on any atom is 0.289 e. The second-order valence-electron chi connectivity index (χ2n) is 6.76. The van der Waals surface area contributed by atoms with Crippen LogP contribution < -0.4 is 4.74 Å². The highest BCUT2D eigenvalue weighted by molar-refractivity contribution is 7.89. The molecule has 10 heteroatoms. The fraction of sp³-hybridized carbons (Fsp3) is 0.250. The highest BCUT2D eigenvalue weighted by atomic mass is 32.2. The number of piperazine rings is 1. The minimum absolute atomic E-state index is 0.0194. The predicted octanol–water partition coefficient (Wildman–Crippen LogP) is 2.87. The average Bonchev–Trinajstić information content (AvgIpc) is 3.17. The molecule has 0 unspecified atom stereocenters. The van der Waals surface area contributed by atoms with Gasteiger partial charge in [0.05, 0.1) is 7.11 Å². The van der Waals surface area contributed by atoms with Gasteiger partial charge in [0.1, 0.15) is 16.5 Å². The molecule has 1 aromatic heterocycles. The molecule has 3 aromatic rings. The van der Waals surface area contributed by atoms with Crippen molar-refractivity contribution in [2.75, 3.05) is 33.3 Å². The number of rotatable bonds is 4. The Morgan fingerprint density at radius 2 is 1.80 bits per heavy atom. The predicted molar refractivity (Wildman–Crippen MR) is 104 cm³/mol. The summed E-state index contributed by atoms with van der Waals surface area (Å²) in [5.41, 5.74) is 0.455. The van der Waals surface area contributed by atoms with Gasteiger partial charge in [0, 0.05) is 37.6 Å². The molecular weight excluding hydrogens is 418 g/mol. The Bertz CT molecular complexity index is 1220. The lowest BCUT2D eigenvalue weighted by atomic mass is 10.2. The molecule has 1 saturated heterocycles. The molecule has 158 valence electrons. The SMILES string of the molecule is COc1cccc2cc(C(=O)N3CCN(S(=O)(=O)c4ccc(F)cc4F)CC3)oc12. The zero-order valence-electron chi connectivity index (χ0n) is 16.0. The molecule has 0 saturated carbocycles. The molecule has 0 radical (unpaired) electrons. The molecule has 2 heterocycles. The minimum atomic E-state index is -4.14. The van der Waals surface area contributed by atoms with Crippen LogP contribution in [-0.2, 0) is 10.0 Å². The number of halogens is 2. The first-order chi connectivity index (χ1) is 14.3. The molecule has 0 aliphatic carbocycles. The molecule has 7 nitrogen and oxygen atoms in total. The number of hydrogen-bond acceptors (Lipinski definition) is 5. The van der Waals surface area contributed by atoms with Crippen LogP contribution in [0.2, 0.25) is 0 Å². The van der Waals surface area contributed by atoms with Gasteiger partial charge in [-0.3, -0.25) is 4.79 Å². The normalized spacial score (nSPS) is 15.5. The topological polar surface area (TPSA) is 80.1 Å². The van der Waals surface area contributed by atoms with Gasteiger partial charge >= 0.3 is 0 Å². The number of methoxy groups -OCH3 is 1. The summed E-state index contributed by atoms with van der Waals surface area (Å²) in [4.78, 5) is 13.7. The third kappa shape index (κ3) is 3.52. The number of nitrogens with zero attached hydrogens (tertiary/aromatic N) is 2. The number of carbonyl (C=O) groups is 1. The van der Waals surface area contributed by atoms with E-state index in [1.807, 2.05) is 0 Å². The number of fused-ring (bicyclic) bond motifs is 1. The summed E-state index contributed by atoms with van der Waals surface area (Å²) in [6, 6.07) is 9.23. The van der Waals surface area contributed by atoms with E-state index in [-0.39, 0.29) is 37.8 Å². The molecule has 0 bridgehead atoms. The summed E-state index contributed by atoms with van der Waals surface area (Å²) < 4.78 is 64.4. The molecule has 0 atom stereocenters. The van der Waals surface area contributed by atoms with Crippen LogP contribution >= 0.6 is 0 Å². The number of amides is 1. The second-order valence-corrected chi connectivity index (χ2v) is 8.67. The van der Waals surface area contributed by atoms with Crippen LogP contribution in [0.1, 0.15) is 10.6 Å². The zero-order valence-corrected chi connectivity index (χ0v) is 16.8. The van der Waals surface area contributed by atoms with Crippen LogP contribution in [0.3, 0.4) is 0 Å². The van der Waals surface area contributed by atoms with Crippen molar-refractivity contribution in [2.24, 2.45) is 0 Å². The summed E-state index contributed by atoms with van der Waals surface area (Å²) >= 11 is 0. The lowest BCUT2D eigenvalue weighted by Gasteiger charge is -2.33. The minimum Gasteiger partial charge on any atom is -0.493 e. The van der Waals surface area contributed by atoms with E-state index in [4.69, 9.17) is 9.15 Å². The van der Waals surface area contributed by atoms with Crippen LogP contribution in [0.15, 0.2) is 51.8 Å². The van der Waals surface area contributed by atoms with Crippen molar-refractivity contribution in [3.63, 3.8) is 0 Å². The lowest BCUT2D eigenvalue weighted by Crippen LogP contribution is -2.50. The Balaban J connectivity index is 1.50. The van der Waals surface area contributed by atoms with Gasteiger partial charge in [-0.25, -0.2) is 17.2 Å². The Morgan fingerprint density at radius 3 is 2.47 bits per heavy atom. The molecule has 1 amide bonds.